The second-order valence-electron chi connectivity index (χ2n) is 8.32. The molecule has 4 nitrogen and oxygen atoms in total. The molecule has 4 rings (SSSR count). The Morgan fingerprint density at radius 3 is 2.52 bits per heavy atom. The lowest BCUT2D eigenvalue weighted by atomic mass is 9.47. The van der Waals surface area contributed by atoms with Crippen LogP contribution in [-0.4, -0.2) is 51.8 Å². The highest BCUT2D eigenvalue weighted by Gasteiger charge is 2.33. The van der Waals surface area contributed by atoms with Crippen molar-refractivity contribution in [3.8, 4) is 5.75 Å². The summed E-state index contributed by atoms with van der Waals surface area (Å²) < 4.78 is 11.6. The van der Waals surface area contributed by atoms with Gasteiger partial charge in [0.2, 0.25) is 0 Å². The van der Waals surface area contributed by atoms with Crippen LogP contribution in [-0.2, 0) is 22.8 Å². The quantitative estimate of drug-likeness (QED) is 0.772. The Balaban J connectivity index is 1.76. The molecule has 0 spiro atoms. The molecule has 1 saturated heterocycles. The van der Waals surface area contributed by atoms with E-state index in [4.69, 9.17) is 25.2 Å². The number of rotatable bonds is 5. The third-order valence-corrected chi connectivity index (χ3v) is 6.30. The van der Waals surface area contributed by atoms with Gasteiger partial charge in [-0.15, -0.1) is 0 Å². The van der Waals surface area contributed by atoms with Crippen molar-refractivity contribution in [2.75, 3.05) is 13.7 Å². The van der Waals surface area contributed by atoms with Gasteiger partial charge in [0, 0.05) is 18.4 Å². The second kappa shape index (κ2) is 7.82. The van der Waals surface area contributed by atoms with E-state index in [-0.39, 0.29) is 6.61 Å². The fraction of sp³-hybridized carbons (Fsp3) is 0.478. The Hall–Kier alpha value is -1.75. The van der Waals surface area contributed by atoms with E-state index in [1.165, 1.54) is 11.1 Å². The molecule has 0 bridgehead atoms. The van der Waals surface area contributed by atoms with Crippen LogP contribution < -0.4 is 4.74 Å². The monoisotopic (exact) mass is 388 g/mol. The van der Waals surface area contributed by atoms with Gasteiger partial charge in [0.15, 0.2) is 0 Å². The smallest absolute Gasteiger partial charge is 0.124 e. The maximum absolute atomic E-state index is 10.2. The first-order valence-electron chi connectivity index (χ1n) is 10.2. The Kier molecular flexibility index (Phi) is 5.54. The minimum Gasteiger partial charge on any atom is -0.496 e. The summed E-state index contributed by atoms with van der Waals surface area (Å²) in [5.41, 5.74) is 6.03. The number of aliphatic hydroxyl groups is 2. The molecule has 2 aliphatic rings. The van der Waals surface area contributed by atoms with Crippen molar-refractivity contribution in [1.82, 2.24) is 0 Å². The summed E-state index contributed by atoms with van der Waals surface area (Å²) in [6.07, 6.45) is 1.65. The molecule has 1 fully saturated rings. The molecule has 4 radical (unpaired) electrons. The topological polar surface area (TPSA) is 58.9 Å². The Bertz CT molecular complexity index is 912. The number of fused-ring (bicyclic) bond motifs is 1. The van der Waals surface area contributed by atoms with Gasteiger partial charge in [0.1, 0.15) is 5.75 Å². The van der Waals surface area contributed by atoms with E-state index in [1.807, 2.05) is 25.1 Å². The van der Waals surface area contributed by atoms with E-state index in [0.717, 1.165) is 35.1 Å². The SMILES string of the molecule is [B]C([B])(c1ccc2c(c1)CC2)c1cc(C2CC(O)CC(CO)O2)c(OC)cc1C. The second-order valence-corrected chi connectivity index (χ2v) is 8.32. The normalized spacial score (nSPS) is 23.9. The van der Waals surface area contributed by atoms with E-state index < -0.39 is 23.5 Å². The highest BCUT2D eigenvalue weighted by atomic mass is 16.5. The fourth-order valence-corrected chi connectivity index (χ4v) is 4.49. The molecule has 2 N–H and O–H groups in total. The zero-order chi connectivity index (χ0) is 20.8. The molecule has 3 atom stereocenters. The highest BCUT2D eigenvalue weighted by Crippen LogP contribution is 2.41. The number of aryl methyl sites for hydroxylation is 3. The van der Waals surface area contributed by atoms with Gasteiger partial charge in [0.05, 0.1) is 47.7 Å². The number of methoxy groups -OCH3 is 1. The Morgan fingerprint density at radius 1 is 1.14 bits per heavy atom. The molecule has 3 unspecified atom stereocenters. The summed E-state index contributed by atoms with van der Waals surface area (Å²) in [4.78, 5) is 0. The lowest BCUT2D eigenvalue weighted by molar-refractivity contribution is -0.114. The Labute approximate surface area is 175 Å². The average molecular weight is 388 g/mol. The van der Waals surface area contributed by atoms with Crippen molar-refractivity contribution in [2.45, 2.75) is 56.1 Å². The van der Waals surface area contributed by atoms with Crippen LogP contribution in [0.5, 0.6) is 5.75 Å². The zero-order valence-electron chi connectivity index (χ0n) is 17.0. The van der Waals surface area contributed by atoms with E-state index in [2.05, 4.69) is 12.1 Å². The first-order chi connectivity index (χ1) is 13.8. The van der Waals surface area contributed by atoms with Crippen LogP contribution in [0, 0.1) is 6.92 Å². The predicted molar refractivity (Wildman–Crippen MR) is 114 cm³/mol. The van der Waals surface area contributed by atoms with Gasteiger partial charge >= 0.3 is 0 Å². The maximum atomic E-state index is 10.2. The minimum atomic E-state index is -1.17. The van der Waals surface area contributed by atoms with Gasteiger partial charge in [-0.3, -0.25) is 0 Å². The highest BCUT2D eigenvalue weighted by molar-refractivity contribution is 6.42. The molecule has 1 aliphatic carbocycles. The van der Waals surface area contributed by atoms with Gasteiger partial charge in [-0.25, -0.2) is 0 Å². The van der Waals surface area contributed by atoms with Crippen molar-refractivity contribution in [3.63, 3.8) is 0 Å². The summed E-state index contributed by atoms with van der Waals surface area (Å²) in [7, 11) is 15.0. The number of ether oxygens (including phenoxy) is 2. The van der Waals surface area contributed by atoms with Crippen molar-refractivity contribution in [3.05, 3.63) is 63.7 Å². The standard InChI is InChI=1S/C23H26B2O4/c1-13-7-21(28-2)19(22-10-17(27)9-18(12-26)29-22)11-20(13)23(24,25)16-6-5-14-3-4-15(14)8-16/h5-8,11,17-18,22,26-27H,3-4,9-10,12H2,1-2H3. The predicted octanol–water partition coefficient (Wildman–Crippen LogP) is 2.21. The molecular formula is C23H26B2O4. The first kappa shape index (κ1) is 20.5. The Morgan fingerprint density at radius 2 is 1.90 bits per heavy atom. The van der Waals surface area contributed by atoms with E-state index >= 15 is 0 Å². The number of benzene rings is 2. The zero-order valence-corrected chi connectivity index (χ0v) is 17.0. The van der Waals surface area contributed by atoms with E-state index in [9.17, 15) is 10.2 Å². The van der Waals surface area contributed by atoms with Crippen molar-refractivity contribution in [2.24, 2.45) is 0 Å². The molecule has 2 aromatic carbocycles. The van der Waals surface area contributed by atoms with Crippen LogP contribution in [0.4, 0.5) is 0 Å². The van der Waals surface area contributed by atoms with Gasteiger partial charge in [0.25, 0.3) is 0 Å². The summed E-state index contributed by atoms with van der Waals surface area (Å²) >= 11 is 0. The van der Waals surface area contributed by atoms with Crippen LogP contribution in [0.2, 0.25) is 0 Å². The number of aliphatic hydroxyl groups excluding tert-OH is 2. The third-order valence-electron chi connectivity index (χ3n) is 6.30. The summed E-state index contributed by atoms with van der Waals surface area (Å²) in [6, 6.07) is 10.1. The fourth-order valence-electron chi connectivity index (χ4n) is 4.49. The first-order valence-corrected chi connectivity index (χ1v) is 10.2. The molecular weight excluding hydrogens is 362 g/mol. The van der Waals surface area contributed by atoms with Crippen molar-refractivity contribution in [1.29, 1.82) is 0 Å². The molecule has 1 heterocycles. The van der Waals surface area contributed by atoms with Crippen molar-refractivity contribution < 1.29 is 19.7 Å². The van der Waals surface area contributed by atoms with Gasteiger partial charge in [-0.2, -0.15) is 0 Å². The molecule has 6 heteroatoms. The largest absolute Gasteiger partial charge is 0.496 e. The summed E-state index contributed by atoms with van der Waals surface area (Å²) in [5.74, 6) is 0.662. The minimum absolute atomic E-state index is 0.137. The summed E-state index contributed by atoms with van der Waals surface area (Å²) in [6.45, 7) is 1.83. The van der Waals surface area contributed by atoms with Gasteiger partial charge in [-0.1, -0.05) is 34.5 Å². The van der Waals surface area contributed by atoms with E-state index in [1.54, 1.807) is 7.11 Å². The number of hydrogen-bond donors (Lipinski definition) is 2. The average Bonchev–Trinajstić information content (AvgIpc) is 2.67. The molecule has 29 heavy (non-hydrogen) atoms. The lowest BCUT2D eigenvalue weighted by Gasteiger charge is -2.36. The van der Waals surface area contributed by atoms with Gasteiger partial charge in [-0.05, 0) is 48.6 Å². The van der Waals surface area contributed by atoms with Crippen LogP contribution in [0.25, 0.3) is 0 Å². The third kappa shape index (κ3) is 3.74. The molecule has 148 valence electrons. The molecule has 2 aromatic rings. The molecule has 0 saturated carbocycles. The molecule has 1 aliphatic heterocycles. The van der Waals surface area contributed by atoms with Gasteiger partial charge < -0.3 is 19.7 Å². The van der Waals surface area contributed by atoms with Crippen molar-refractivity contribution >= 4 is 15.7 Å². The van der Waals surface area contributed by atoms with Crippen LogP contribution in [0.15, 0.2) is 30.3 Å². The van der Waals surface area contributed by atoms with Crippen LogP contribution in [0.1, 0.15) is 52.3 Å². The maximum Gasteiger partial charge on any atom is 0.124 e. The summed E-state index contributed by atoms with van der Waals surface area (Å²) in [5, 5.41) is 18.6. The molecule has 0 aromatic heterocycles. The lowest BCUT2D eigenvalue weighted by Crippen LogP contribution is -2.34. The van der Waals surface area contributed by atoms with Crippen LogP contribution >= 0.6 is 0 Å². The molecule has 0 amide bonds. The van der Waals surface area contributed by atoms with E-state index in [0.29, 0.717) is 18.6 Å². The number of hydrogen-bond acceptors (Lipinski definition) is 4. The van der Waals surface area contributed by atoms with Crippen LogP contribution in [0.3, 0.4) is 0 Å².